The molecular formula is C16H28N2O4S2. The summed E-state index contributed by atoms with van der Waals surface area (Å²) in [5.41, 5.74) is 0. The molecule has 2 aliphatic rings. The van der Waals surface area contributed by atoms with Gasteiger partial charge in [0.1, 0.15) is 0 Å². The molecule has 0 aliphatic carbocycles. The zero-order chi connectivity index (χ0) is 17.4. The van der Waals surface area contributed by atoms with Crippen molar-refractivity contribution in [2.45, 2.75) is 38.5 Å². The van der Waals surface area contributed by atoms with Crippen LogP contribution < -0.4 is 0 Å². The average Bonchev–Trinajstić information content (AvgIpc) is 2.58. The highest BCUT2D eigenvalue weighted by molar-refractivity contribution is 8.76. The van der Waals surface area contributed by atoms with Crippen LogP contribution in [-0.4, -0.2) is 69.9 Å². The minimum absolute atomic E-state index is 0.675. The van der Waals surface area contributed by atoms with E-state index in [2.05, 4.69) is 0 Å². The van der Waals surface area contributed by atoms with Crippen LogP contribution in [0.1, 0.15) is 38.5 Å². The van der Waals surface area contributed by atoms with Gasteiger partial charge in [-0.3, -0.25) is 0 Å². The van der Waals surface area contributed by atoms with E-state index in [1.165, 1.54) is 22.6 Å². The Morgan fingerprint density at radius 1 is 0.750 bits per heavy atom. The number of carboxylic acid groups (broad SMARTS) is 2. The number of rotatable bonds is 7. The molecule has 138 valence electrons. The molecule has 8 heteroatoms. The van der Waals surface area contributed by atoms with Gasteiger partial charge in [-0.25, -0.2) is 9.59 Å². The van der Waals surface area contributed by atoms with E-state index in [1.807, 2.05) is 21.6 Å². The van der Waals surface area contributed by atoms with Crippen LogP contribution in [0.2, 0.25) is 0 Å². The SMILES string of the molecule is O=C(O)N1CCC(CCSSCCC2CCN(C(=O)O)CC2)CC1. The Kier molecular flexibility index (Phi) is 8.38. The fourth-order valence-corrected chi connectivity index (χ4v) is 5.75. The van der Waals surface area contributed by atoms with Gasteiger partial charge in [-0.05, 0) is 50.4 Å². The summed E-state index contributed by atoms with van der Waals surface area (Å²) in [6.07, 6.45) is 4.79. The largest absolute Gasteiger partial charge is 0.465 e. The molecule has 2 aliphatic heterocycles. The van der Waals surface area contributed by atoms with Crippen molar-refractivity contribution in [2.75, 3.05) is 37.7 Å². The summed E-state index contributed by atoms with van der Waals surface area (Å²) in [5.74, 6) is 3.63. The molecule has 0 saturated carbocycles. The molecule has 0 atom stereocenters. The summed E-state index contributed by atoms with van der Waals surface area (Å²) in [6, 6.07) is 0. The molecule has 0 aromatic carbocycles. The quantitative estimate of drug-likeness (QED) is 0.518. The predicted octanol–water partition coefficient (Wildman–Crippen LogP) is 3.93. The maximum absolute atomic E-state index is 10.9. The first kappa shape index (κ1) is 19.6. The van der Waals surface area contributed by atoms with Crippen LogP contribution >= 0.6 is 21.6 Å². The summed E-state index contributed by atoms with van der Waals surface area (Å²) < 4.78 is 0. The molecule has 0 aromatic rings. The molecule has 0 radical (unpaired) electrons. The standard InChI is InChI=1S/C16H28N2O4S2/c19-15(20)17-7-1-13(2-8-17)5-11-23-24-12-6-14-3-9-18(10-4-14)16(21)22/h13-14H,1-12H2,(H,19,20)(H,21,22). The van der Waals surface area contributed by atoms with Gasteiger partial charge in [0.25, 0.3) is 0 Å². The average molecular weight is 377 g/mol. The molecule has 6 nitrogen and oxygen atoms in total. The van der Waals surface area contributed by atoms with Crippen molar-refractivity contribution in [2.24, 2.45) is 11.8 Å². The first-order chi connectivity index (χ1) is 11.6. The summed E-state index contributed by atoms with van der Waals surface area (Å²) in [5, 5.41) is 17.9. The second-order valence-corrected chi connectivity index (χ2v) is 9.35. The van der Waals surface area contributed by atoms with Crippen molar-refractivity contribution in [3.63, 3.8) is 0 Å². The van der Waals surface area contributed by atoms with Gasteiger partial charge in [0.05, 0.1) is 0 Å². The molecule has 0 aromatic heterocycles. The lowest BCUT2D eigenvalue weighted by atomic mass is 9.95. The second kappa shape index (κ2) is 10.3. The lowest BCUT2D eigenvalue weighted by molar-refractivity contribution is 0.123. The Bertz CT molecular complexity index is 371. The van der Waals surface area contributed by atoms with Crippen molar-refractivity contribution in [3.05, 3.63) is 0 Å². The normalized spacial score (nSPS) is 20.3. The van der Waals surface area contributed by atoms with Crippen LogP contribution in [0.15, 0.2) is 0 Å². The molecule has 2 N–H and O–H groups in total. The van der Waals surface area contributed by atoms with Crippen molar-refractivity contribution >= 4 is 33.8 Å². The number of piperidine rings is 2. The highest BCUT2D eigenvalue weighted by Gasteiger charge is 2.23. The van der Waals surface area contributed by atoms with Gasteiger partial charge in [0, 0.05) is 37.7 Å². The van der Waals surface area contributed by atoms with E-state index in [9.17, 15) is 9.59 Å². The Labute approximate surface area is 151 Å². The maximum atomic E-state index is 10.9. The summed E-state index contributed by atoms with van der Waals surface area (Å²) >= 11 is 0. The smallest absolute Gasteiger partial charge is 0.407 e. The molecule has 0 bridgehead atoms. The molecule has 2 rings (SSSR count). The first-order valence-electron chi connectivity index (χ1n) is 8.76. The minimum atomic E-state index is -0.785. The van der Waals surface area contributed by atoms with E-state index < -0.39 is 12.2 Å². The van der Waals surface area contributed by atoms with E-state index in [0.29, 0.717) is 38.0 Å². The van der Waals surface area contributed by atoms with Crippen molar-refractivity contribution < 1.29 is 19.8 Å². The van der Waals surface area contributed by atoms with Crippen LogP contribution in [0, 0.1) is 11.8 Å². The Morgan fingerprint density at radius 2 is 1.08 bits per heavy atom. The van der Waals surface area contributed by atoms with Gasteiger partial charge in [0.15, 0.2) is 0 Å². The van der Waals surface area contributed by atoms with Crippen molar-refractivity contribution in [1.82, 2.24) is 9.80 Å². The van der Waals surface area contributed by atoms with Gasteiger partial charge >= 0.3 is 12.2 Å². The fraction of sp³-hybridized carbons (Fsp3) is 0.875. The Hall–Kier alpha value is -0.760. The van der Waals surface area contributed by atoms with Crippen molar-refractivity contribution in [3.8, 4) is 0 Å². The van der Waals surface area contributed by atoms with Crippen LogP contribution in [0.5, 0.6) is 0 Å². The molecular weight excluding hydrogens is 348 g/mol. The van der Waals surface area contributed by atoms with Crippen LogP contribution in [0.25, 0.3) is 0 Å². The molecule has 2 fully saturated rings. The molecule has 24 heavy (non-hydrogen) atoms. The van der Waals surface area contributed by atoms with Crippen LogP contribution in [0.4, 0.5) is 9.59 Å². The van der Waals surface area contributed by atoms with E-state index in [0.717, 1.165) is 37.2 Å². The van der Waals surface area contributed by atoms with Crippen LogP contribution in [0.3, 0.4) is 0 Å². The molecule has 2 heterocycles. The molecule has 0 unspecified atom stereocenters. The Morgan fingerprint density at radius 3 is 1.38 bits per heavy atom. The van der Waals surface area contributed by atoms with E-state index in [-0.39, 0.29) is 0 Å². The van der Waals surface area contributed by atoms with Crippen molar-refractivity contribution in [1.29, 1.82) is 0 Å². The molecule has 2 amide bonds. The molecule has 0 spiro atoms. The topological polar surface area (TPSA) is 81.1 Å². The van der Waals surface area contributed by atoms with Gasteiger partial charge in [-0.2, -0.15) is 0 Å². The Balaban J connectivity index is 1.44. The maximum Gasteiger partial charge on any atom is 0.407 e. The summed E-state index contributed by atoms with van der Waals surface area (Å²) in [7, 11) is 3.86. The van der Waals surface area contributed by atoms with Gasteiger partial charge in [0.2, 0.25) is 0 Å². The number of amides is 2. The lowest BCUT2D eigenvalue weighted by Crippen LogP contribution is -2.37. The highest BCUT2D eigenvalue weighted by Crippen LogP contribution is 2.30. The van der Waals surface area contributed by atoms with E-state index >= 15 is 0 Å². The zero-order valence-electron chi connectivity index (χ0n) is 14.1. The predicted molar refractivity (Wildman–Crippen MR) is 98.8 cm³/mol. The summed E-state index contributed by atoms with van der Waals surface area (Å²) in [6.45, 7) is 2.75. The van der Waals surface area contributed by atoms with Gasteiger partial charge < -0.3 is 20.0 Å². The zero-order valence-corrected chi connectivity index (χ0v) is 15.7. The number of nitrogens with zero attached hydrogens (tertiary/aromatic N) is 2. The second-order valence-electron chi connectivity index (χ2n) is 6.65. The third-order valence-corrected chi connectivity index (χ3v) is 7.54. The van der Waals surface area contributed by atoms with Crippen LogP contribution in [-0.2, 0) is 0 Å². The monoisotopic (exact) mass is 376 g/mol. The first-order valence-corrected chi connectivity index (χ1v) is 11.2. The number of carbonyl (C=O) groups is 2. The van der Waals surface area contributed by atoms with Gasteiger partial charge in [-0.15, -0.1) is 0 Å². The van der Waals surface area contributed by atoms with E-state index in [4.69, 9.17) is 10.2 Å². The third kappa shape index (κ3) is 6.63. The fourth-order valence-electron chi connectivity index (χ4n) is 3.37. The number of hydrogen-bond acceptors (Lipinski definition) is 4. The summed E-state index contributed by atoms with van der Waals surface area (Å²) in [4.78, 5) is 24.8. The number of likely N-dealkylation sites (tertiary alicyclic amines) is 2. The lowest BCUT2D eigenvalue weighted by Gasteiger charge is -2.30. The third-order valence-electron chi connectivity index (χ3n) is 5.07. The highest BCUT2D eigenvalue weighted by atomic mass is 33.1. The molecule has 2 saturated heterocycles. The van der Waals surface area contributed by atoms with Gasteiger partial charge in [-0.1, -0.05) is 21.6 Å². The van der Waals surface area contributed by atoms with E-state index in [1.54, 1.807) is 0 Å². The minimum Gasteiger partial charge on any atom is -0.465 e. The number of hydrogen-bond donors (Lipinski definition) is 2.